The summed E-state index contributed by atoms with van der Waals surface area (Å²) in [4.78, 5) is 14.0. The Bertz CT molecular complexity index is 802. The quantitative estimate of drug-likeness (QED) is 0.762. The van der Waals surface area contributed by atoms with Crippen molar-refractivity contribution in [1.29, 1.82) is 0 Å². The van der Waals surface area contributed by atoms with Crippen molar-refractivity contribution in [3.63, 3.8) is 0 Å². The monoisotopic (exact) mass is 360 g/mol. The number of anilines is 2. The van der Waals surface area contributed by atoms with Gasteiger partial charge in [-0.1, -0.05) is 37.3 Å². The van der Waals surface area contributed by atoms with Gasteiger partial charge in [0.25, 0.3) is 0 Å². The number of nitrogens with zero attached hydrogens (tertiary/aromatic N) is 2. The lowest BCUT2D eigenvalue weighted by molar-refractivity contribution is -0.118. The smallest absolute Gasteiger partial charge is 0.232 e. The molecule has 0 atom stereocenters. The molecule has 0 heterocycles. The first-order valence-electron chi connectivity index (χ1n) is 8.21. The fourth-order valence-electron chi connectivity index (χ4n) is 2.54. The maximum atomic E-state index is 12.4. The molecule has 0 bridgehead atoms. The van der Waals surface area contributed by atoms with Gasteiger partial charge in [-0.3, -0.25) is 9.10 Å². The number of rotatable bonds is 7. The first kappa shape index (κ1) is 19.0. The summed E-state index contributed by atoms with van der Waals surface area (Å²) in [6, 6.07) is 16.7. The van der Waals surface area contributed by atoms with E-state index in [4.69, 9.17) is 0 Å². The summed E-state index contributed by atoms with van der Waals surface area (Å²) < 4.78 is 25.6. The molecule has 0 aliphatic heterocycles. The van der Waals surface area contributed by atoms with Crippen LogP contribution in [0.25, 0.3) is 0 Å². The Balaban J connectivity index is 2.11. The van der Waals surface area contributed by atoms with Gasteiger partial charge in [0, 0.05) is 25.7 Å². The van der Waals surface area contributed by atoms with Gasteiger partial charge in [0.2, 0.25) is 15.9 Å². The average molecular weight is 360 g/mol. The Kier molecular flexibility index (Phi) is 6.20. The molecule has 0 saturated carbocycles. The molecule has 2 aromatic rings. The molecule has 6 heteroatoms. The van der Waals surface area contributed by atoms with E-state index in [2.05, 4.69) is 0 Å². The van der Waals surface area contributed by atoms with Crippen LogP contribution < -0.4 is 9.21 Å². The molecule has 134 valence electrons. The number of amides is 1. The lowest BCUT2D eigenvalue weighted by Crippen LogP contribution is -2.35. The molecule has 0 spiro atoms. The zero-order chi connectivity index (χ0) is 18.4. The predicted molar refractivity (Wildman–Crippen MR) is 102 cm³/mol. The molecule has 5 nitrogen and oxygen atoms in total. The van der Waals surface area contributed by atoms with Crippen LogP contribution in [-0.4, -0.2) is 34.2 Å². The van der Waals surface area contributed by atoms with Gasteiger partial charge in [-0.2, -0.15) is 0 Å². The minimum absolute atomic E-state index is 0.105. The van der Waals surface area contributed by atoms with Gasteiger partial charge in [0.1, 0.15) is 0 Å². The van der Waals surface area contributed by atoms with Gasteiger partial charge in [-0.05, 0) is 36.2 Å². The van der Waals surface area contributed by atoms with E-state index in [1.165, 1.54) is 4.31 Å². The van der Waals surface area contributed by atoms with Gasteiger partial charge in [-0.25, -0.2) is 8.42 Å². The lowest BCUT2D eigenvalue weighted by atomic mass is 10.1. The van der Waals surface area contributed by atoms with E-state index in [1.54, 1.807) is 24.1 Å². The molecular weight excluding hydrogens is 336 g/mol. The van der Waals surface area contributed by atoms with Gasteiger partial charge in [0.05, 0.1) is 11.9 Å². The van der Waals surface area contributed by atoms with Crippen LogP contribution >= 0.6 is 0 Å². The standard InChI is InChI=1S/C19H24N2O3S/c1-4-16-10-12-18(13-11-16)21(25(3,23)24)15-14-19(22)20(2)17-8-6-5-7-9-17/h5-13H,4,14-15H2,1-3H3. The van der Waals surface area contributed by atoms with E-state index in [0.29, 0.717) is 5.69 Å². The maximum Gasteiger partial charge on any atom is 0.232 e. The van der Waals surface area contributed by atoms with Crippen LogP contribution in [-0.2, 0) is 21.2 Å². The lowest BCUT2D eigenvalue weighted by Gasteiger charge is -2.24. The third kappa shape index (κ3) is 5.06. The van der Waals surface area contributed by atoms with Crippen molar-refractivity contribution in [3.8, 4) is 0 Å². The summed E-state index contributed by atoms with van der Waals surface area (Å²) in [5, 5.41) is 0. The molecule has 0 aliphatic rings. The minimum atomic E-state index is -3.46. The van der Waals surface area contributed by atoms with Crippen molar-refractivity contribution in [2.45, 2.75) is 19.8 Å². The van der Waals surface area contributed by atoms with E-state index in [-0.39, 0.29) is 18.9 Å². The van der Waals surface area contributed by atoms with Crippen molar-refractivity contribution in [2.24, 2.45) is 0 Å². The normalized spacial score (nSPS) is 11.2. The fourth-order valence-corrected chi connectivity index (χ4v) is 3.47. The highest BCUT2D eigenvalue weighted by molar-refractivity contribution is 7.92. The van der Waals surface area contributed by atoms with Crippen molar-refractivity contribution >= 4 is 27.3 Å². The molecule has 0 aromatic heterocycles. The number of sulfonamides is 1. The number of carbonyl (C=O) groups excluding carboxylic acids is 1. The van der Waals surface area contributed by atoms with E-state index in [9.17, 15) is 13.2 Å². The summed E-state index contributed by atoms with van der Waals surface area (Å²) in [6.45, 7) is 2.15. The summed E-state index contributed by atoms with van der Waals surface area (Å²) >= 11 is 0. The first-order valence-corrected chi connectivity index (χ1v) is 10.1. The number of hydrogen-bond donors (Lipinski definition) is 0. The van der Waals surface area contributed by atoms with E-state index in [1.807, 2.05) is 49.4 Å². The molecule has 0 fully saturated rings. The van der Waals surface area contributed by atoms with Crippen molar-refractivity contribution in [2.75, 3.05) is 29.1 Å². The van der Waals surface area contributed by atoms with Crippen LogP contribution in [0.1, 0.15) is 18.9 Å². The Morgan fingerprint density at radius 3 is 2.08 bits per heavy atom. The molecule has 0 radical (unpaired) electrons. The van der Waals surface area contributed by atoms with Gasteiger partial charge >= 0.3 is 0 Å². The maximum absolute atomic E-state index is 12.4. The molecule has 2 aromatic carbocycles. The van der Waals surface area contributed by atoms with Crippen LogP contribution in [0.5, 0.6) is 0 Å². The third-order valence-corrected chi connectivity index (χ3v) is 5.27. The second kappa shape index (κ2) is 8.16. The molecule has 25 heavy (non-hydrogen) atoms. The molecule has 0 N–H and O–H groups in total. The zero-order valence-corrected chi connectivity index (χ0v) is 15.7. The zero-order valence-electron chi connectivity index (χ0n) is 14.8. The third-order valence-electron chi connectivity index (χ3n) is 4.08. The number of para-hydroxylation sites is 1. The second-order valence-corrected chi connectivity index (χ2v) is 7.80. The minimum Gasteiger partial charge on any atom is -0.315 e. The van der Waals surface area contributed by atoms with Crippen molar-refractivity contribution in [3.05, 3.63) is 60.2 Å². The van der Waals surface area contributed by atoms with Gasteiger partial charge in [-0.15, -0.1) is 0 Å². The molecule has 0 aliphatic carbocycles. The largest absolute Gasteiger partial charge is 0.315 e. The molecular formula is C19H24N2O3S. The highest BCUT2D eigenvalue weighted by atomic mass is 32.2. The summed E-state index contributed by atoms with van der Waals surface area (Å²) in [6.07, 6.45) is 2.15. The highest BCUT2D eigenvalue weighted by Gasteiger charge is 2.20. The molecule has 1 amide bonds. The molecule has 2 rings (SSSR count). The number of benzene rings is 2. The van der Waals surface area contributed by atoms with E-state index < -0.39 is 10.0 Å². The van der Waals surface area contributed by atoms with Crippen LogP contribution in [0.3, 0.4) is 0 Å². The van der Waals surface area contributed by atoms with Crippen molar-refractivity contribution in [1.82, 2.24) is 0 Å². The average Bonchev–Trinajstić information content (AvgIpc) is 2.61. The Morgan fingerprint density at radius 2 is 1.56 bits per heavy atom. The van der Waals surface area contributed by atoms with Crippen LogP contribution in [0, 0.1) is 0 Å². The Morgan fingerprint density at radius 1 is 0.960 bits per heavy atom. The highest BCUT2D eigenvalue weighted by Crippen LogP contribution is 2.20. The Hall–Kier alpha value is -2.34. The molecule has 0 saturated heterocycles. The van der Waals surface area contributed by atoms with E-state index >= 15 is 0 Å². The van der Waals surface area contributed by atoms with E-state index in [0.717, 1.165) is 23.9 Å². The summed E-state index contributed by atoms with van der Waals surface area (Å²) in [5.41, 5.74) is 2.50. The molecule has 0 unspecified atom stereocenters. The predicted octanol–water partition coefficient (Wildman–Crippen LogP) is 3.07. The topological polar surface area (TPSA) is 57.7 Å². The number of carbonyl (C=O) groups is 1. The van der Waals surface area contributed by atoms with Crippen LogP contribution in [0.15, 0.2) is 54.6 Å². The summed E-state index contributed by atoms with van der Waals surface area (Å²) in [5.74, 6) is -0.134. The fraction of sp³-hybridized carbons (Fsp3) is 0.316. The second-order valence-electron chi connectivity index (χ2n) is 5.89. The summed E-state index contributed by atoms with van der Waals surface area (Å²) in [7, 11) is -1.77. The SMILES string of the molecule is CCc1ccc(N(CCC(=O)N(C)c2ccccc2)S(C)(=O)=O)cc1. The first-order chi connectivity index (χ1) is 11.8. The van der Waals surface area contributed by atoms with Crippen LogP contribution in [0.2, 0.25) is 0 Å². The van der Waals surface area contributed by atoms with Crippen molar-refractivity contribution < 1.29 is 13.2 Å². The number of hydrogen-bond acceptors (Lipinski definition) is 3. The number of aryl methyl sites for hydroxylation is 1. The van der Waals surface area contributed by atoms with Gasteiger partial charge in [0.15, 0.2) is 0 Å². The van der Waals surface area contributed by atoms with Gasteiger partial charge < -0.3 is 4.90 Å². The van der Waals surface area contributed by atoms with Crippen LogP contribution in [0.4, 0.5) is 11.4 Å². The Labute approximate surface area is 149 Å².